The number of aryl methyl sites for hydroxylation is 2. The molecule has 0 bridgehead atoms. The molecular weight excluding hydrogens is 528 g/mol. The standard InChI is InChI=1S/C14H14N2.C7H15N.2C6H12O2.CH5N/c1-15-9-3-5-11-7-8-12-6-4-10-16(2)14(12)13(11)15;1-8-7-5-3-2-4-6-7;2*1-3-4-5-6(7)8-2;1-2/h3-10H,1-2H3;7-8H,2-6H2,1H3;2*3-5H2,1-2H3;2H2,1H3/q+2;;;;. The third kappa shape index (κ3) is 15.2. The van der Waals surface area contributed by atoms with E-state index in [1.807, 2.05) is 13.8 Å². The van der Waals surface area contributed by atoms with Gasteiger partial charge in [-0.25, -0.2) is 0 Å². The van der Waals surface area contributed by atoms with Gasteiger partial charge in [-0.3, -0.25) is 9.59 Å². The van der Waals surface area contributed by atoms with Crippen LogP contribution < -0.4 is 20.2 Å². The second kappa shape index (κ2) is 24.5. The molecule has 0 saturated heterocycles. The Morgan fingerprint density at radius 2 is 1.19 bits per heavy atom. The molecule has 8 nitrogen and oxygen atoms in total. The predicted octanol–water partition coefficient (Wildman–Crippen LogP) is 5.45. The summed E-state index contributed by atoms with van der Waals surface area (Å²) >= 11 is 0. The summed E-state index contributed by atoms with van der Waals surface area (Å²) in [6.45, 7) is 4.09. The number of aromatic nitrogens is 2. The van der Waals surface area contributed by atoms with Gasteiger partial charge in [0.15, 0.2) is 12.4 Å². The molecule has 8 heteroatoms. The first-order valence-corrected chi connectivity index (χ1v) is 15.4. The number of fused-ring (bicyclic) bond motifs is 3. The number of carbonyl (C=O) groups excluding carboxylic acids is 2. The smallest absolute Gasteiger partial charge is 0.305 e. The molecule has 0 atom stereocenters. The zero-order valence-electron chi connectivity index (χ0n) is 27.6. The largest absolute Gasteiger partial charge is 0.469 e. The van der Waals surface area contributed by atoms with Gasteiger partial charge in [0.1, 0.15) is 14.1 Å². The number of benzene rings is 1. The average molecular weight is 587 g/mol. The lowest BCUT2D eigenvalue weighted by atomic mass is 9.96. The highest BCUT2D eigenvalue weighted by Crippen LogP contribution is 2.18. The van der Waals surface area contributed by atoms with E-state index >= 15 is 0 Å². The number of pyridine rings is 2. The van der Waals surface area contributed by atoms with E-state index < -0.39 is 0 Å². The molecule has 42 heavy (non-hydrogen) atoms. The van der Waals surface area contributed by atoms with Crippen LogP contribution in [0.1, 0.15) is 84.5 Å². The van der Waals surface area contributed by atoms with Crippen molar-refractivity contribution in [2.75, 3.05) is 28.3 Å². The minimum Gasteiger partial charge on any atom is -0.469 e. The Kier molecular flexibility index (Phi) is 22.7. The highest BCUT2D eigenvalue weighted by atomic mass is 16.5. The summed E-state index contributed by atoms with van der Waals surface area (Å²) in [6, 6.07) is 13.7. The second-order valence-electron chi connectivity index (χ2n) is 10.2. The van der Waals surface area contributed by atoms with Gasteiger partial charge in [0.25, 0.3) is 11.0 Å². The van der Waals surface area contributed by atoms with Gasteiger partial charge in [-0.2, -0.15) is 9.13 Å². The van der Waals surface area contributed by atoms with Gasteiger partial charge in [0, 0.05) is 31.0 Å². The monoisotopic (exact) mass is 586 g/mol. The van der Waals surface area contributed by atoms with E-state index in [9.17, 15) is 9.59 Å². The first kappa shape index (κ1) is 38.9. The van der Waals surface area contributed by atoms with E-state index in [-0.39, 0.29) is 11.9 Å². The van der Waals surface area contributed by atoms with Crippen molar-refractivity contribution in [2.24, 2.45) is 19.8 Å². The summed E-state index contributed by atoms with van der Waals surface area (Å²) in [5, 5.41) is 5.86. The molecule has 1 fully saturated rings. The van der Waals surface area contributed by atoms with Crippen LogP contribution in [-0.4, -0.2) is 46.3 Å². The molecule has 1 aromatic carbocycles. The Hall–Kier alpha value is -3.10. The molecule has 1 aliphatic rings. The van der Waals surface area contributed by atoms with Crippen LogP contribution in [0.3, 0.4) is 0 Å². The van der Waals surface area contributed by atoms with Gasteiger partial charge in [-0.05, 0) is 64.0 Å². The van der Waals surface area contributed by atoms with Crippen molar-refractivity contribution in [3.63, 3.8) is 0 Å². The van der Waals surface area contributed by atoms with Crippen LogP contribution in [-0.2, 0) is 33.2 Å². The Bertz CT molecular complexity index is 1070. The van der Waals surface area contributed by atoms with E-state index in [1.54, 1.807) is 0 Å². The summed E-state index contributed by atoms with van der Waals surface area (Å²) in [4.78, 5) is 20.7. The van der Waals surface area contributed by atoms with Crippen LogP contribution in [0.15, 0.2) is 48.8 Å². The molecule has 2 heterocycles. The molecule has 1 aliphatic carbocycles. The topological polar surface area (TPSA) is 98.4 Å². The number of ether oxygens (including phenoxy) is 2. The molecule has 4 rings (SSSR count). The Morgan fingerprint density at radius 3 is 1.50 bits per heavy atom. The minimum atomic E-state index is -0.105. The maximum Gasteiger partial charge on any atom is 0.305 e. The predicted molar refractivity (Wildman–Crippen MR) is 173 cm³/mol. The van der Waals surface area contributed by atoms with Crippen LogP contribution in [0.2, 0.25) is 0 Å². The van der Waals surface area contributed by atoms with Gasteiger partial charge >= 0.3 is 11.9 Å². The molecule has 3 N–H and O–H groups in total. The summed E-state index contributed by atoms with van der Waals surface area (Å²) in [5.74, 6) is -0.210. The molecule has 3 aromatic rings. The molecule has 2 aromatic heterocycles. The van der Waals surface area contributed by atoms with Crippen molar-refractivity contribution in [1.82, 2.24) is 5.32 Å². The molecule has 0 amide bonds. The highest BCUT2D eigenvalue weighted by Gasteiger charge is 2.16. The van der Waals surface area contributed by atoms with Crippen molar-refractivity contribution in [2.45, 2.75) is 90.5 Å². The van der Waals surface area contributed by atoms with E-state index in [0.29, 0.717) is 12.8 Å². The lowest BCUT2D eigenvalue weighted by molar-refractivity contribution is -0.664. The fraction of sp³-hybridized carbons (Fsp3) is 0.588. The van der Waals surface area contributed by atoms with E-state index in [0.717, 1.165) is 31.7 Å². The number of methoxy groups -OCH3 is 2. The summed E-state index contributed by atoms with van der Waals surface area (Å²) in [7, 11) is 10.6. The lowest BCUT2D eigenvalue weighted by Gasteiger charge is -2.20. The van der Waals surface area contributed by atoms with E-state index in [1.165, 1.54) is 75.2 Å². The zero-order valence-corrected chi connectivity index (χ0v) is 27.6. The Balaban J connectivity index is 0.000000559. The first-order chi connectivity index (χ1) is 20.3. The number of carbonyl (C=O) groups is 2. The number of unbranched alkanes of at least 4 members (excludes halogenated alkanes) is 2. The van der Waals surface area contributed by atoms with Crippen LogP contribution in [0.4, 0.5) is 0 Å². The van der Waals surface area contributed by atoms with Gasteiger partial charge in [-0.15, -0.1) is 0 Å². The molecule has 0 unspecified atom stereocenters. The molecular formula is C34H58N4O4+2. The van der Waals surface area contributed by atoms with Crippen molar-refractivity contribution in [1.29, 1.82) is 0 Å². The van der Waals surface area contributed by atoms with Crippen LogP contribution in [0.5, 0.6) is 0 Å². The molecule has 0 spiro atoms. The molecule has 0 aliphatic heterocycles. The maximum absolute atomic E-state index is 10.3. The van der Waals surface area contributed by atoms with Crippen LogP contribution in [0, 0.1) is 0 Å². The quantitative estimate of drug-likeness (QED) is 0.217. The Labute approximate surface area is 254 Å². The van der Waals surface area contributed by atoms with Crippen LogP contribution in [0.25, 0.3) is 21.8 Å². The normalized spacial score (nSPS) is 12.2. The van der Waals surface area contributed by atoms with Gasteiger partial charge in [-0.1, -0.05) is 46.0 Å². The Morgan fingerprint density at radius 1 is 0.786 bits per heavy atom. The third-order valence-corrected chi connectivity index (χ3v) is 7.03. The highest BCUT2D eigenvalue weighted by molar-refractivity contribution is 5.98. The summed E-state index contributed by atoms with van der Waals surface area (Å²) in [5.41, 5.74) is 7.06. The van der Waals surface area contributed by atoms with Crippen LogP contribution >= 0.6 is 0 Å². The number of nitrogens with zero attached hydrogens (tertiary/aromatic N) is 2. The molecule has 236 valence electrons. The van der Waals surface area contributed by atoms with Crippen molar-refractivity contribution in [3.05, 3.63) is 48.8 Å². The summed E-state index contributed by atoms with van der Waals surface area (Å²) < 4.78 is 13.2. The van der Waals surface area contributed by atoms with E-state index in [4.69, 9.17) is 0 Å². The fourth-order valence-electron chi connectivity index (χ4n) is 4.56. The number of hydrogen-bond acceptors (Lipinski definition) is 6. The number of nitrogens with one attached hydrogen (secondary N) is 1. The number of nitrogens with two attached hydrogens (primary N) is 1. The molecule has 0 radical (unpaired) electrons. The van der Waals surface area contributed by atoms with Gasteiger partial charge < -0.3 is 20.5 Å². The first-order valence-electron chi connectivity index (χ1n) is 15.4. The maximum atomic E-state index is 10.3. The third-order valence-electron chi connectivity index (χ3n) is 7.03. The summed E-state index contributed by atoms with van der Waals surface area (Å²) in [6.07, 6.45) is 16.4. The number of hydrogen-bond donors (Lipinski definition) is 2. The van der Waals surface area contributed by atoms with E-state index in [2.05, 4.69) is 99.6 Å². The SMILES string of the molecule is CCCCC(=O)OC.CCCCC(=O)OC.CN.CNC1CCCCC1.C[n+]1cccc2ccc3ccc[n+](C)c3c21. The number of esters is 2. The fourth-order valence-corrected chi connectivity index (χ4v) is 4.56. The van der Waals surface area contributed by atoms with Crippen molar-refractivity contribution < 1.29 is 28.2 Å². The molecule has 1 saturated carbocycles. The second-order valence-corrected chi connectivity index (χ2v) is 10.2. The zero-order chi connectivity index (χ0) is 31.8. The number of rotatable bonds is 7. The van der Waals surface area contributed by atoms with Gasteiger partial charge in [0.2, 0.25) is 0 Å². The average Bonchev–Trinajstić information content (AvgIpc) is 3.04. The minimum absolute atomic E-state index is 0.105. The lowest BCUT2D eigenvalue weighted by Crippen LogP contribution is -2.34. The van der Waals surface area contributed by atoms with Gasteiger partial charge in [0.05, 0.1) is 25.0 Å². The van der Waals surface area contributed by atoms with Crippen molar-refractivity contribution >= 4 is 33.7 Å². The van der Waals surface area contributed by atoms with Crippen molar-refractivity contribution in [3.8, 4) is 0 Å².